The first-order valence-corrected chi connectivity index (χ1v) is 11.3. The zero-order chi connectivity index (χ0) is 20.1. The molecule has 166 valence electrons. The third-order valence-electron chi connectivity index (χ3n) is 6.69. The Morgan fingerprint density at radius 1 is 1.00 bits per heavy atom. The summed E-state index contributed by atoms with van der Waals surface area (Å²) in [6.07, 6.45) is 8.21. The lowest BCUT2D eigenvalue weighted by Gasteiger charge is -2.39. The minimum absolute atomic E-state index is 0. The summed E-state index contributed by atoms with van der Waals surface area (Å²) in [4.78, 5) is 27.9. The molecule has 2 aliphatic carbocycles. The van der Waals surface area contributed by atoms with Gasteiger partial charge in [-0.3, -0.25) is 4.79 Å². The molecule has 30 heavy (non-hydrogen) atoms. The number of nitrogens with zero attached hydrogens (tertiary/aromatic N) is 1. The Balaban J connectivity index is 0.00000256. The SMILES string of the molecule is Cl.O=C(NCc1ccccc1)NC1(C(=O)N2CCC(NCC3CC3)CC2)CCCC1. The Hall–Kier alpha value is -1.79. The van der Waals surface area contributed by atoms with Crippen molar-refractivity contribution in [3.63, 3.8) is 0 Å². The van der Waals surface area contributed by atoms with Gasteiger partial charge in [-0.1, -0.05) is 43.2 Å². The van der Waals surface area contributed by atoms with E-state index in [0.29, 0.717) is 12.6 Å². The summed E-state index contributed by atoms with van der Waals surface area (Å²) in [7, 11) is 0. The zero-order valence-corrected chi connectivity index (χ0v) is 18.5. The maximum atomic E-state index is 13.4. The lowest BCUT2D eigenvalue weighted by molar-refractivity contribution is -0.139. The van der Waals surface area contributed by atoms with Gasteiger partial charge in [0.25, 0.3) is 0 Å². The molecular formula is C23H35ClN4O2. The highest BCUT2D eigenvalue weighted by atomic mass is 35.5. The number of piperidine rings is 1. The van der Waals surface area contributed by atoms with E-state index < -0.39 is 5.54 Å². The molecule has 0 atom stereocenters. The van der Waals surface area contributed by atoms with Gasteiger partial charge in [0.05, 0.1) is 0 Å². The molecule has 1 aromatic rings. The van der Waals surface area contributed by atoms with Crippen LogP contribution in [0.2, 0.25) is 0 Å². The van der Waals surface area contributed by atoms with Crippen LogP contribution < -0.4 is 16.0 Å². The number of urea groups is 1. The number of carbonyl (C=O) groups is 2. The Morgan fingerprint density at radius 3 is 2.30 bits per heavy atom. The fourth-order valence-corrected chi connectivity index (χ4v) is 4.66. The van der Waals surface area contributed by atoms with Crippen LogP contribution in [-0.2, 0) is 11.3 Å². The molecule has 0 unspecified atom stereocenters. The highest BCUT2D eigenvalue weighted by molar-refractivity contribution is 5.91. The third-order valence-corrected chi connectivity index (χ3v) is 6.69. The van der Waals surface area contributed by atoms with E-state index in [9.17, 15) is 9.59 Å². The van der Waals surface area contributed by atoms with Crippen LogP contribution >= 0.6 is 12.4 Å². The molecule has 2 saturated carbocycles. The maximum absolute atomic E-state index is 13.4. The first kappa shape index (κ1) is 22.9. The number of rotatable bonds is 7. The van der Waals surface area contributed by atoms with Crippen molar-refractivity contribution in [2.45, 2.75) is 69.5 Å². The standard InChI is InChI=1S/C23H34N4O2.ClH/c28-21(27-14-10-20(11-15-27)24-16-19-8-9-19)23(12-4-5-13-23)26-22(29)25-17-18-6-2-1-3-7-18;/h1-3,6-7,19-20,24H,4-5,8-17H2,(H2,25,26,29);1H. The molecule has 7 heteroatoms. The van der Waals surface area contributed by atoms with Gasteiger partial charge in [0.1, 0.15) is 5.54 Å². The van der Waals surface area contributed by atoms with E-state index in [0.717, 1.165) is 69.6 Å². The topological polar surface area (TPSA) is 73.5 Å². The van der Waals surface area contributed by atoms with Crippen LogP contribution in [0.15, 0.2) is 30.3 Å². The minimum Gasteiger partial charge on any atom is -0.341 e. The van der Waals surface area contributed by atoms with Gasteiger partial charge in [-0.05, 0) is 56.6 Å². The Kier molecular flexibility index (Phi) is 8.00. The van der Waals surface area contributed by atoms with Gasteiger partial charge in [-0.25, -0.2) is 4.79 Å². The first-order valence-electron chi connectivity index (χ1n) is 11.3. The molecule has 3 fully saturated rings. The van der Waals surface area contributed by atoms with Crippen LogP contribution in [-0.4, -0.2) is 48.1 Å². The number of halogens is 1. The van der Waals surface area contributed by atoms with Crippen molar-refractivity contribution in [2.24, 2.45) is 5.92 Å². The molecule has 1 saturated heterocycles. The third kappa shape index (κ3) is 5.88. The van der Waals surface area contributed by atoms with Crippen LogP contribution in [0, 0.1) is 5.92 Å². The minimum atomic E-state index is -0.727. The highest BCUT2D eigenvalue weighted by Gasteiger charge is 2.45. The number of likely N-dealkylation sites (tertiary alicyclic amines) is 1. The van der Waals surface area contributed by atoms with Crippen molar-refractivity contribution < 1.29 is 9.59 Å². The van der Waals surface area contributed by atoms with Crippen molar-refractivity contribution >= 4 is 24.3 Å². The van der Waals surface area contributed by atoms with E-state index in [1.54, 1.807) is 0 Å². The van der Waals surface area contributed by atoms with E-state index in [2.05, 4.69) is 16.0 Å². The van der Waals surface area contributed by atoms with Gasteiger partial charge in [0.2, 0.25) is 5.91 Å². The molecule has 4 rings (SSSR count). The molecule has 1 aromatic carbocycles. The summed E-state index contributed by atoms with van der Waals surface area (Å²) < 4.78 is 0. The molecule has 3 aliphatic rings. The molecule has 1 heterocycles. The average Bonchev–Trinajstić information content (AvgIpc) is 3.48. The molecule has 1 aliphatic heterocycles. The fraction of sp³-hybridized carbons (Fsp3) is 0.652. The monoisotopic (exact) mass is 434 g/mol. The average molecular weight is 435 g/mol. The van der Waals surface area contributed by atoms with Crippen molar-refractivity contribution in [1.82, 2.24) is 20.9 Å². The van der Waals surface area contributed by atoms with Gasteiger partial charge in [-0.15, -0.1) is 12.4 Å². The van der Waals surface area contributed by atoms with E-state index in [-0.39, 0.29) is 24.3 Å². The van der Waals surface area contributed by atoms with E-state index >= 15 is 0 Å². The fourth-order valence-electron chi connectivity index (χ4n) is 4.66. The molecule has 0 spiro atoms. The summed E-state index contributed by atoms with van der Waals surface area (Å²) in [5.41, 5.74) is 0.324. The summed E-state index contributed by atoms with van der Waals surface area (Å²) in [5, 5.41) is 9.65. The Morgan fingerprint density at radius 2 is 1.67 bits per heavy atom. The van der Waals surface area contributed by atoms with E-state index in [4.69, 9.17) is 0 Å². The van der Waals surface area contributed by atoms with E-state index in [1.165, 1.54) is 12.8 Å². The number of amides is 3. The van der Waals surface area contributed by atoms with Gasteiger partial charge >= 0.3 is 6.03 Å². The molecule has 3 amide bonds. The lowest BCUT2D eigenvalue weighted by Crippen LogP contribution is -2.61. The Bertz CT molecular complexity index is 696. The lowest BCUT2D eigenvalue weighted by atomic mass is 9.93. The summed E-state index contributed by atoms with van der Waals surface area (Å²) in [5.74, 6) is 1.00. The number of carbonyl (C=O) groups excluding carboxylic acids is 2. The number of hydrogen-bond donors (Lipinski definition) is 3. The predicted molar refractivity (Wildman–Crippen MR) is 121 cm³/mol. The highest BCUT2D eigenvalue weighted by Crippen LogP contribution is 2.33. The maximum Gasteiger partial charge on any atom is 0.315 e. The van der Waals surface area contributed by atoms with Crippen LogP contribution in [0.25, 0.3) is 0 Å². The first-order chi connectivity index (χ1) is 14.1. The van der Waals surface area contributed by atoms with Crippen molar-refractivity contribution in [3.8, 4) is 0 Å². The van der Waals surface area contributed by atoms with Crippen molar-refractivity contribution in [3.05, 3.63) is 35.9 Å². The van der Waals surface area contributed by atoms with Crippen LogP contribution in [0.1, 0.15) is 56.9 Å². The van der Waals surface area contributed by atoms with E-state index in [1.807, 2.05) is 35.2 Å². The summed E-state index contributed by atoms with van der Waals surface area (Å²) in [6.45, 7) is 3.17. The second-order valence-electron chi connectivity index (χ2n) is 9.00. The molecule has 0 bridgehead atoms. The smallest absolute Gasteiger partial charge is 0.315 e. The number of hydrogen-bond acceptors (Lipinski definition) is 3. The second-order valence-corrected chi connectivity index (χ2v) is 9.00. The van der Waals surface area contributed by atoms with Crippen LogP contribution in [0.3, 0.4) is 0 Å². The number of benzene rings is 1. The van der Waals surface area contributed by atoms with Crippen LogP contribution in [0.4, 0.5) is 4.79 Å². The van der Waals surface area contributed by atoms with Gasteiger partial charge in [0.15, 0.2) is 0 Å². The van der Waals surface area contributed by atoms with Crippen molar-refractivity contribution in [2.75, 3.05) is 19.6 Å². The second kappa shape index (κ2) is 10.5. The Labute approximate surface area is 186 Å². The molecular weight excluding hydrogens is 400 g/mol. The van der Waals surface area contributed by atoms with Gasteiger partial charge < -0.3 is 20.9 Å². The number of nitrogens with one attached hydrogen (secondary N) is 3. The summed E-state index contributed by atoms with van der Waals surface area (Å²) in [6, 6.07) is 10.1. The molecule has 3 N–H and O–H groups in total. The van der Waals surface area contributed by atoms with Crippen molar-refractivity contribution in [1.29, 1.82) is 0 Å². The molecule has 0 aromatic heterocycles. The largest absolute Gasteiger partial charge is 0.341 e. The predicted octanol–water partition coefficient (Wildman–Crippen LogP) is 3.21. The summed E-state index contributed by atoms with van der Waals surface area (Å²) >= 11 is 0. The van der Waals surface area contributed by atoms with Crippen LogP contribution in [0.5, 0.6) is 0 Å². The van der Waals surface area contributed by atoms with Gasteiger partial charge in [0, 0.05) is 25.7 Å². The quantitative estimate of drug-likeness (QED) is 0.617. The zero-order valence-electron chi connectivity index (χ0n) is 17.7. The molecule has 6 nitrogen and oxygen atoms in total. The van der Waals surface area contributed by atoms with Gasteiger partial charge in [-0.2, -0.15) is 0 Å². The molecule has 0 radical (unpaired) electrons. The normalized spacial score (nSPS) is 21.0.